The molecular formula is C26H27BrO6. The van der Waals surface area contributed by atoms with Crippen LogP contribution in [0.4, 0.5) is 0 Å². The van der Waals surface area contributed by atoms with Crippen LogP contribution in [0.1, 0.15) is 83.5 Å². The van der Waals surface area contributed by atoms with Crippen LogP contribution in [-0.2, 0) is 21.3 Å². The van der Waals surface area contributed by atoms with Gasteiger partial charge >= 0.3 is 5.97 Å². The number of ether oxygens (including phenoxy) is 2. The Labute approximate surface area is 201 Å². The number of benzene rings is 2. The Morgan fingerprint density at radius 1 is 1.03 bits per heavy atom. The van der Waals surface area contributed by atoms with Crippen LogP contribution in [-0.4, -0.2) is 30.4 Å². The van der Waals surface area contributed by atoms with Gasteiger partial charge < -0.3 is 9.47 Å². The third kappa shape index (κ3) is 4.64. The zero-order valence-corrected chi connectivity index (χ0v) is 21.1. The molecule has 0 spiro atoms. The Kier molecular flexibility index (Phi) is 7.22. The van der Waals surface area contributed by atoms with Gasteiger partial charge in [-0.15, -0.1) is 0 Å². The van der Waals surface area contributed by atoms with Crippen molar-refractivity contribution in [1.29, 1.82) is 0 Å². The predicted octanol–water partition coefficient (Wildman–Crippen LogP) is 5.23. The molecule has 0 unspecified atom stereocenters. The molecule has 6 nitrogen and oxygen atoms in total. The molecule has 0 amide bonds. The molecule has 0 radical (unpaired) electrons. The lowest BCUT2D eigenvalue weighted by molar-refractivity contribution is -0.143. The molecule has 33 heavy (non-hydrogen) atoms. The van der Waals surface area contributed by atoms with Crippen molar-refractivity contribution in [1.82, 2.24) is 0 Å². The molecule has 0 fully saturated rings. The fourth-order valence-electron chi connectivity index (χ4n) is 3.74. The molecule has 1 aliphatic carbocycles. The molecule has 0 aliphatic heterocycles. The van der Waals surface area contributed by atoms with E-state index in [0.29, 0.717) is 22.9 Å². The minimum atomic E-state index is -0.842. The highest BCUT2D eigenvalue weighted by molar-refractivity contribution is 9.08. The molecule has 0 atom stereocenters. The Morgan fingerprint density at radius 2 is 1.73 bits per heavy atom. The average molecular weight is 515 g/mol. The van der Waals surface area contributed by atoms with Crippen LogP contribution in [0.3, 0.4) is 0 Å². The second-order valence-electron chi connectivity index (χ2n) is 8.97. The van der Waals surface area contributed by atoms with Crippen molar-refractivity contribution in [3.8, 4) is 11.5 Å². The number of rotatable bonds is 7. The number of halogens is 1. The van der Waals surface area contributed by atoms with Gasteiger partial charge in [-0.25, -0.2) is 0 Å². The first-order chi connectivity index (χ1) is 15.5. The van der Waals surface area contributed by atoms with Gasteiger partial charge in [-0.2, -0.15) is 0 Å². The lowest BCUT2D eigenvalue weighted by atomic mass is 9.80. The van der Waals surface area contributed by atoms with Crippen LogP contribution in [0, 0.1) is 5.41 Å². The van der Waals surface area contributed by atoms with Crippen LogP contribution in [0.25, 0.3) is 0 Å². The van der Waals surface area contributed by atoms with Gasteiger partial charge in [0, 0.05) is 34.9 Å². The van der Waals surface area contributed by atoms with Crippen LogP contribution < -0.4 is 9.47 Å². The fourth-order valence-corrected chi connectivity index (χ4v) is 4.25. The highest BCUT2D eigenvalue weighted by atomic mass is 79.9. The summed E-state index contributed by atoms with van der Waals surface area (Å²) >= 11 is 3.45. The monoisotopic (exact) mass is 514 g/mol. The standard InChI is InChI=1S/C26H27BrO6/c1-6-15(28)10-11-16-14(13-27)12-18-21(24(16)33-25(31)26(2,3)4)23(30)20-17(22(18)29)8-7-9-19(20)32-5/h7-9,12H,6,10-11,13H2,1-5H3. The van der Waals surface area contributed by atoms with E-state index in [4.69, 9.17) is 9.47 Å². The van der Waals surface area contributed by atoms with Crippen LogP contribution in [0.15, 0.2) is 24.3 Å². The molecule has 0 heterocycles. The lowest BCUT2D eigenvalue weighted by Crippen LogP contribution is -2.29. The Bertz CT molecular complexity index is 1160. The zero-order valence-electron chi connectivity index (χ0n) is 19.5. The Morgan fingerprint density at radius 3 is 2.30 bits per heavy atom. The topological polar surface area (TPSA) is 86.7 Å². The quantitative estimate of drug-likeness (QED) is 0.243. The number of carbonyl (C=O) groups excluding carboxylic acids is 4. The minimum absolute atomic E-state index is 0.0400. The van der Waals surface area contributed by atoms with E-state index in [2.05, 4.69) is 15.9 Å². The number of hydrogen-bond acceptors (Lipinski definition) is 6. The number of alkyl halides is 1. The lowest BCUT2D eigenvalue weighted by Gasteiger charge is -2.26. The summed E-state index contributed by atoms with van der Waals surface area (Å²) in [4.78, 5) is 52.1. The van der Waals surface area contributed by atoms with E-state index < -0.39 is 17.2 Å². The number of Topliss-reactive ketones (excluding diaryl/α,β-unsaturated/α-hetero) is 1. The van der Waals surface area contributed by atoms with E-state index in [1.165, 1.54) is 7.11 Å². The van der Waals surface area contributed by atoms with Crippen molar-refractivity contribution in [2.75, 3.05) is 7.11 Å². The second kappa shape index (κ2) is 9.59. The number of esters is 1. The molecule has 3 rings (SSSR count). The maximum absolute atomic E-state index is 13.7. The molecule has 0 N–H and O–H groups in total. The number of methoxy groups -OCH3 is 1. The summed E-state index contributed by atoms with van der Waals surface area (Å²) < 4.78 is 11.2. The predicted molar refractivity (Wildman–Crippen MR) is 128 cm³/mol. The first kappa shape index (κ1) is 24.8. The van der Waals surface area contributed by atoms with E-state index in [1.807, 2.05) is 0 Å². The summed E-state index contributed by atoms with van der Waals surface area (Å²) in [5, 5.41) is 0.364. The molecule has 1 aliphatic rings. The van der Waals surface area contributed by atoms with E-state index in [-0.39, 0.29) is 58.2 Å². The summed E-state index contributed by atoms with van der Waals surface area (Å²) in [5.41, 5.74) is 1.04. The van der Waals surface area contributed by atoms with E-state index in [9.17, 15) is 19.2 Å². The maximum Gasteiger partial charge on any atom is 0.316 e. The van der Waals surface area contributed by atoms with Gasteiger partial charge in [-0.05, 0) is 44.9 Å². The van der Waals surface area contributed by atoms with Crippen LogP contribution >= 0.6 is 15.9 Å². The highest BCUT2D eigenvalue weighted by Gasteiger charge is 2.38. The highest BCUT2D eigenvalue weighted by Crippen LogP contribution is 2.42. The van der Waals surface area contributed by atoms with Crippen molar-refractivity contribution in [2.45, 2.75) is 52.3 Å². The Hall–Kier alpha value is -2.80. The smallest absolute Gasteiger partial charge is 0.316 e. The summed E-state index contributed by atoms with van der Waals surface area (Å²) in [7, 11) is 1.43. The fraction of sp³-hybridized carbons (Fsp3) is 0.385. The largest absolute Gasteiger partial charge is 0.496 e. The van der Waals surface area contributed by atoms with E-state index in [0.717, 1.165) is 0 Å². The van der Waals surface area contributed by atoms with Crippen molar-refractivity contribution in [2.24, 2.45) is 5.41 Å². The zero-order chi connectivity index (χ0) is 24.5. The third-order valence-corrected chi connectivity index (χ3v) is 6.27. The Balaban J connectivity index is 2.31. The number of hydrogen-bond donors (Lipinski definition) is 0. The van der Waals surface area contributed by atoms with Crippen LogP contribution in [0.5, 0.6) is 11.5 Å². The average Bonchev–Trinajstić information content (AvgIpc) is 2.79. The summed E-state index contributed by atoms with van der Waals surface area (Å²) in [6.45, 7) is 6.91. The number of fused-ring (bicyclic) bond motifs is 2. The van der Waals surface area contributed by atoms with Crippen LogP contribution in [0.2, 0.25) is 0 Å². The van der Waals surface area contributed by atoms with E-state index in [1.54, 1.807) is 52.0 Å². The first-order valence-electron chi connectivity index (χ1n) is 10.8. The van der Waals surface area contributed by atoms with Crippen molar-refractivity contribution >= 4 is 39.2 Å². The molecule has 0 aromatic heterocycles. The molecule has 0 bridgehead atoms. The molecule has 2 aromatic carbocycles. The molecular weight excluding hydrogens is 488 g/mol. The van der Waals surface area contributed by atoms with E-state index >= 15 is 0 Å². The molecule has 7 heteroatoms. The minimum Gasteiger partial charge on any atom is -0.496 e. The SMILES string of the molecule is CCC(=O)CCc1c(CBr)cc2c(c1OC(=O)C(C)(C)C)C(=O)c1c(OC)cccc1C2=O. The summed E-state index contributed by atoms with van der Waals surface area (Å²) in [6, 6.07) is 6.52. The van der Waals surface area contributed by atoms with Crippen molar-refractivity contribution < 1.29 is 28.7 Å². The van der Waals surface area contributed by atoms with Gasteiger partial charge in [-0.3, -0.25) is 19.2 Å². The van der Waals surface area contributed by atoms with Crippen molar-refractivity contribution in [3.63, 3.8) is 0 Å². The third-order valence-electron chi connectivity index (χ3n) is 5.67. The molecule has 174 valence electrons. The summed E-state index contributed by atoms with van der Waals surface area (Å²) in [5.74, 6) is -0.943. The second-order valence-corrected chi connectivity index (χ2v) is 9.53. The van der Waals surface area contributed by atoms with Crippen molar-refractivity contribution in [3.05, 3.63) is 57.6 Å². The number of ketones is 3. The van der Waals surface area contributed by atoms with Gasteiger partial charge in [-0.1, -0.05) is 35.0 Å². The van der Waals surface area contributed by atoms with Gasteiger partial charge in [0.25, 0.3) is 0 Å². The van der Waals surface area contributed by atoms with Gasteiger partial charge in [0.15, 0.2) is 5.78 Å². The molecule has 0 saturated carbocycles. The maximum atomic E-state index is 13.7. The number of carbonyl (C=O) groups is 4. The van der Waals surface area contributed by atoms with Gasteiger partial charge in [0.1, 0.15) is 17.3 Å². The molecule has 0 saturated heterocycles. The molecule has 2 aromatic rings. The normalized spacial score (nSPS) is 12.8. The first-order valence-corrected chi connectivity index (χ1v) is 11.9. The van der Waals surface area contributed by atoms with Gasteiger partial charge in [0.05, 0.1) is 23.7 Å². The van der Waals surface area contributed by atoms with Gasteiger partial charge in [0.2, 0.25) is 5.78 Å². The summed E-state index contributed by atoms with van der Waals surface area (Å²) in [6.07, 6.45) is 0.902.